The maximum atomic E-state index is 13.4. The molecule has 0 heterocycles. The SMILES string of the molecule is C[C@@H](CN)NS(=O)(=O)c1c(F)cccc1Cl.Cl. The van der Waals surface area contributed by atoms with Gasteiger partial charge in [0.25, 0.3) is 0 Å². The Balaban J connectivity index is 0.00000256. The summed E-state index contributed by atoms with van der Waals surface area (Å²) >= 11 is 5.65. The van der Waals surface area contributed by atoms with Crippen LogP contribution < -0.4 is 10.5 Å². The third kappa shape index (κ3) is 4.08. The summed E-state index contributed by atoms with van der Waals surface area (Å²) in [6.07, 6.45) is 0. The zero-order chi connectivity index (χ0) is 12.3. The highest BCUT2D eigenvalue weighted by Crippen LogP contribution is 2.23. The standard InChI is InChI=1S/C9H12ClFN2O2S.ClH/c1-6(5-12)13-16(14,15)9-7(10)3-2-4-8(9)11;/h2-4,6,13H,5,12H2,1H3;1H/t6-;/m0./s1. The molecule has 1 aromatic rings. The van der Waals surface area contributed by atoms with E-state index in [1.165, 1.54) is 12.1 Å². The molecule has 0 saturated carbocycles. The summed E-state index contributed by atoms with van der Waals surface area (Å²) in [7, 11) is -3.97. The smallest absolute Gasteiger partial charge is 0.245 e. The molecule has 0 aromatic heterocycles. The number of benzene rings is 1. The molecule has 0 spiro atoms. The number of sulfonamides is 1. The topological polar surface area (TPSA) is 72.2 Å². The van der Waals surface area contributed by atoms with Crippen LogP contribution in [0.4, 0.5) is 4.39 Å². The van der Waals surface area contributed by atoms with Crippen LogP contribution in [0.2, 0.25) is 5.02 Å². The van der Waals surface area contributed by atoms with Crippen molar-refractivity contribution >= 4 is 34.0 Å². The number of hydrogen-bond acceptors (Lipinski definition) is 3. The Morgan fingerprint density at radius 1 is 1.53 bits per heavy atom. The van der Waals surface area contributed by atoms with Gasteiger partial charge in [0.05, 0.1) is 5.02 Å². The van der Waals surface area contributed by atoms with Crippen molar-refractivity contribution in [2.45, 2.75) is 17.9 Å². The Hall–Kier alpha value is -0.400. The van der Waals surface area contributed by atoms with Crippen LogP contribution in [0.1, 0.15) is 6.92 Å². The van der Waals surface area contributed by atoms with Gasteiger partial charge in [-0.3, -0.25) is 0 Å². The van der Waals surface area contributed by atoms with E-state index in [0.717, 1.165) is 6.07 Å². The molecular formula is C9H13Cl2FN2O2S. The van der Waals surface area contributed by atoms with Crippen molar-refractivity contribution in [1.82, 2.24) is 4.72 Å². The molecule has 3 N–H and O–H groups in total. The maximum absolute atomic E-state index is 13.4. The number of rotatable bonds is 4. The minimum absolute atomic E-state index is 0. The summed E-state index contributed by atoms with van der Waals surface area (Å²) in [6, 6.07) is 3.20. The fraction of sp³-hybridized carbons (Fsp3) is 0.333. The largest absolute Gasteiger partial charge is 0.329 e. The Morgan fingerprint density at radius 2 is 2.12 bits per heavy atom. The summed E-state index contributed by atoms with van der Waals surface area (Å²) in [5.74, 6) is -0.885. The lowest BCUT2D eigenvalue weighted by Crippen LogP contribution is -2.38. The molecule has 4 nitrogen and oxygen atoms in total. The van der Waals surface area contributed by atoms with Crippen molar-refractivity contribution in [1.29, 1.82) is 0 Å². The van der Waals surface area contributed by atoms with Gasteiger partial charge in [-0.05, 0) is 19.1 Å². The first kappa shape index (κ1) is 16.6. The first-order valence-corrected chi connectivity index (χ1v) is 6.41. The summed E-state index contributed by atoms with van der Waals surface area (Å²) in [4.78, 5) is -0.544. The summed E-state index contributed by atoms with van der Waals surface area (Å²) < 4.78 is 39.1. The van der Waals surface area contributed by atoms with Crippen LogP contribution in [0.15, 0.2) is 23.1 Å². The second-order valence-electron chi connectivity index (χ2n) is 3.31. The lowest BCUT2D eigenvalue weighted by molar-refractivity contribution is 0.544. The highest BCUT2D eigenvalue weighted by molar-refractivity contribution is 7.89. The van der Waals surface area contributed by atoms with Crippen molar-refractivity contribution in [2.75, 3.05) is 6.54 Å². The van der Waals surface area contributed by atoms with E-state index >= 15 is 0 Å². The molecule has 0 saturated heterocycles. The van der Waals surface area contributed by atoms with Gasteiger partial charge in [-0.25, -0.2) is 17.5 Å². The van der Waals surface area contributed by atoms with Crippen molar-refractivity contribution in [3.63, 3.8) is 0 Å². The van der Waals surface area contributed by atoms with Gasteiger partial charge in [-0.1, -0.05) is 17.7 Å². The van der Waals surface area contributed by atoms with Gasteiger partial charge in [0, 0.05) is 12.6 Å². The lowest BCUT2D eigenvalue weighted by atomic mass is 10.3. The van der Waals surface area contributed by atoms with Gasteiger partial charge in [0.1, 0.15) is 10.7 Å². The second-order valence-corrected chi connectivity index (χ2v) is 5.37. The van der Waals surface area contributed by atoms with Gasteiger partial charge in [-0.15, -0.1) is 12.4 Å². The second kappa shape index (κ2) is 6.51. The molecule has 0 bridgehead atoms. The normalized spacial score (nSPS) is 12.9. The predicted octanol–water partition coefficient (Wildman–Crippen LogP) is 1.53. The average molecular weight is 303 g/mol. The Kier molecular flexibility index (Phi) is 6.36. The van der Waals surface area contributed by atoms with Crippen molar-refractivity contribution in [3.05, 3.63) is 29.0 Å². The molecular weight excluding hydrogens is 290 g/mol. The minimum Gasteiger partial charge on any atom is -0.329 e. The van der Waals surface area contributed by atoms with Crippen molar-refractivity contribution < 1.29 is 12.8 Å². The molecule has 0 amide bonds. The first-order valence-electron chi connectivity index (χ1n) is 4.55. The molecule has 17 heavy (non-hydrogen) atoms. The Labute approximate surface area is 111 Å². The number of nitrogens with two attached hydrogens (primary N) is 1. The van der Waals surface area contributed by atoms with E-state index in [1.807, 2.05) is 0 Å². The van der Waals surface area contributed by atoms with Crippen LogP contribution in [-0.2, 0) is 10.0 Å². The number of halogens is 3. The monoisotopic (exact) mass is 302 g/mol. The molecule has 1 atom stereocenters. The number of nitrogens with one attached hydrogen (secondary N) is 1. The third-order valence-electron chi connectivity index (χ3n) is 1.90. The predicted molar refractivity (Wildman–Crippen MR) is 67.5 cm³/mol. The molecule has 8 heteroatoms. The molecule has 1 rings (SSSR count). The van der Waals surface area contributed by atoms with E-state index in [9.17, 15) is 12.8 Å². The summed E-state index contributed by atoms with van der Waals surface area (Å²) in [5, 5.41) is -0.156. The van der Waals surface area contributed by atoms with E-state index in [2.05, 4.69) is 4.72 Å². The van der Waals surface area contributed by atoms with Gasteiger partial charge < -0.3 is 5.73 Å². The molecule has 1 aromatic carbocycles. The van der Waals surface area contributed by atoms with Crippen LogP contribution >= 0.6 is 24.0 Å². The van der Waals surface area contributed by atoms with E-state index in [-0.39, 0.29) is 24.0 Å². The van der Waals surface area contributed by atoms with Gasteiger partial charge in [0.15, 0.2) is 0 Å². The molecule has 0 fully saturated rings. The third-order valence-corrected chi connectivity index (χ3v) is 3.99. The van der Waals surface area contributed by atoms with E-state index in [1.54, 1.807) is 6.92 Å². The maximum Gasteiger partial charge on any atom is 0.245 e. The molecule has 0 aliphatic rings. The fourth-order valence-electron chi connectivity index (χ4n) is 1.11. The van der Waals surface area contributed by atoms with E-state index < -0.39 is 26.8 Å². The highest BCUT2D eigenvalue weighted by Gasteiger charge is 2.23. The van der Waals surface area contributed by atoms with E-state index in [0.29, 0.717) is 0 Å². The van der Waals surface area contributed by atoms with Crippen LogP contribution in [0, 0.1) is 5.82 Å². The van der Waals surface area contributed by atoms with Crippen molar-refractivity contribution in [3.8, 4) is 0 Å². The zero-order valence-electron chi connectivity index (χ0n) is 8.98. The van der Waals surface area contributed by atoms with Crippen molar-refractivity contribution in [2.24, 2.45) is 5.73 Å². The molecule has 0 radical (unpaired) electrons. The van der Waals surface area contributed by atoms with Gasteiger partial charge in [0.2, 0.25) is 10.0 Å². The minimum atomic E-state index is -3.97. The lowest BCUT2D eigenvalue weighted by Gasteiger charge is -2.13. The van der Waals surface area contributed by atoms with Crippen LogP contribution in [0.3, 0.4) is 0 Å². The van der Waals surface area contributed by atoms with E-state index in [4.69, 9.17) is 17.3 Å². The van der Waals surface area contributed by atoms with Crippen LogP contribution in [-0.4, -0.2) is 21.0 Å². The Bertz CT molecular complexity index is 462. The quantitative estimate of drug-likeness (QED) is 0.886. The molecule has 0 aliphatic heterocycles. The van der Waals surface area contributed by atoms with Gasteiger partial charge in [-0.2, -0.15) is 0 Å². The number of hydrogen-bond donors (Lipinski definition) is 2. The Morgan fingerprint density at radius 3 is 2.59 bits per heavy atom. The molecule has 0 unspecified atom stereocenters. The fourth-order valence-corrected chi connectivity index (χ4v) is 2.97. The highest BCUT2D eigenvalue weighted by atomic mass is 35.5. The van der Waals surface area contributed by atoms with Crippen LogP contribution in [0.5, 0.6) is 0 Å². The molecule has 98 valence electrons. The summed E-state index contributed by atoms with van der Waals surface area (Å²) in [5.41, 5.74) is 5.28. The summed E-state index contributed by atoms with van der Waals surface area (Å²) in [6.45, 7) is 1.69. The first-order chi connectivity index (χ1) is 7.38. The average Bonchev–Trinajstić information content (AvgIpc) is 2.16. The van der Waals surface area contributed by atoms with Crippen LogP contribution in [0.25, 0.3) is 0 Å². The van der Waals surface area contributed by atoms with Gasteiger partial charge >= 0.3 is 0 Å². The zero-order valence-corrected chi connectivity index (χ0v) is 11.4. The molecule has 0 aliphatic carbocycles.